The first-order valence-electron chi connectivity index (χ1n) is 7.68. The molecule has 0 spiro atoms. The van der Waals surface area contributed by atoms with Crippen LogP contribution in [0.1, 0.15) is 62.0 Å². The van der Waals surface area contributed by atoms with Crippen LogP contribution in [-0.4, -0.2) is 11.5 Å². The van der Waals surface area contributed by atoms with Crippen molar-refractivity contribution in [2.24, 2.45) is 0 Å². The zero-order valence-electron chi connectivity index (χ0n) is 13.7. The Kier molecular flexibility index (Phi) is 5.17. The zero-order chi connectivity index (χ0) is 15.5. The first-order valence-corrected chi connectivity index (χ1v) is 8.56. The summed E-state index contributed by atoms with van der Waals surface area (Å²) in [6.07, 6.45) is 1.12. The monoisotopic (exact) mass is 302 g/mol. The van der Waals surface area contributed by atoms with Crippen LogP contribution in [0.15, 0.2) is 29.6 Å². The molecule has 3 heteroatoms. The summed E-state index contributed by atoms with van der Waals surface area (Å²) in [6.45, 7) is 12.0. The van der Waals surface area contributed by atoms with Crippen LogP contribution in [0.2, 0.25) is 0 Å². The van der Waals surface area contributed by atoms with Gasteiger partial charge >= 0.3 is 0 Å². The number of thiazole rings is 1. The predicted molar refractivity (Wildman–Crippen MR) is 92.1 cm³/mol. The molecule has 1 N–H and O–H groups in total. The fourth-order valence-electron chi connectivity index (χ4n) is 2.29. The molecule has 1 atom stereocenters. The third kappa shape index (κ3) is 3.92. The Labute approximate surface area is 132 Å². The Hall–Kier alpha value is -1.19. The summed E-state index contributed by atoms with van der Waals surface area (Å²) in [4.78, 5) is 4.91. The van der Waals surface area contributed by atoms with E-state index in [1.807, 2.05) is 0 Å². The van der Waals surface area contributed by atoms with E-state index in [1.165, 1.54) is 21.8 Å². The summed E-state index contributed by atoms with van der Waals surface area (Å²) in [5.41, 5.74) is 3.94. The van der Waals surface area contributed by atoms with Crippen LogP contribution in [-0.2, 0) is 5.41 Å². The van der Waals surface area contributed by atoms with Gasteiger partial charge in [-0.2, -0.15) is 0 Å². The molecule has 0 bridgehead atoms. The lowest BCUT2D eigenvalue weighted by Crippen LogP contribution is -2.24. The molecule has 2 rings (SSSR count). The van der Waals surface area contributed by atoms with Gasteiger partial charge in [0.25, 0.3) is 0 Å². The van der Waals surface area contributed by atoms with Crippen molar-refractivity contribution in [3.63, 3.8) is 0 Å². The van der Waals surface area contributed by atoms with E-state index in [0.29, 0.717) is 0 Å². The van der Waals surface area contributed by atoms with Crippen LogP contribution in [0.3, 0.4) is 0 Å². The normalized spacial score (nSPS) is 13.4. The molecule has 2 nitrogen and oxygen atoms in total. The van der Waals surface area contributed by atoms with Crippen molar-refractivity contribution in [2.75, 3.05) is 6.54 Å². The Morgan fingerprint density at radius 2 is 1.95 bits per heavy atom. The molecule has 0 saturated heterocycles. The van der Waals surface area contributed by atoms with Gasteiger partial charge in [0.15, 0.2) is 0 Å². The van der Waals surface area contributed by atoms with Gasteiger partial charge in [0, 0.05) is 10.8 Å². The standard InChI is InChI=1S/C18H26N2S/c1-6-11-19-16(14-10-8-7-9-13(14)2)17-20-15(12-21-17)18(3,4)5/h7-10,12,16,19H,6,11H2,1-5H3. The van der Waals surface area contributed by atoms with E-state index in [2.05, 4.69) is 69.6 Å². The lowest BCUT2D eigenvalue weighted by atomic mass is 9.93. The number of nitrogens with zero attached hydrogens (tertiary/aromatic N) is 1. The van der Waals surface area contributed by atoms with Crippen molar-refractivity contribution in [1.29, 1.82) is 0 Å². The van der Waals surface area contributed by atoms with Crippen molar-refractivity contribution in [1.82, 2.24) is 10.3 Å². The van der Waals surface area contributed by atoms with E-state index < -0.39 is 0 Å². The third-order valence-corrected chi connectivity index (χ3v) is 4.54. The molecule has 1 aromatic heterocycles. The van der Waals surface area contributed by atoms with E-state index in [1.54, 1.807) is 11.3 Å². The molecule has 1 heterocycles. The summed E-state index contributed by atoms with van der Waals surface area (Å²) < 4.78 is 0. The molecule has 0 amide bonds. The second-order valence-electron chi connectivity index (χ2n) is 6.56. The number of hydrogen-bond donors (Lipinski definition) is 1. The van der Waals surface area contributed by atoms with E-state index in [9.17, 15) is 0 Å². The van der Waals surface area contributed by atoms with Gasteiger partial charge in [0.05, 0.1) is 11.7 Å². The topological polar surface area (TPSA) is 24.9 Å². The van der Waals surface area contributed by atoms with Gasteiger partial charge in [0.1, 0.15) is 5.01 Å². The van der Waals surface area contributed by atoms with Crippen LogP contribution in [0.5, 0.6) is 0 Å². The summed E-state index contributed by atoms with van der Waals surface area (Å²) in [5, 5.41) is 7.03. The van der Waals surface area contributed by atoms with Gasteiger partial charge in [-0.25, -0.2) is 4.98 Å². The van der Waals surface area contributed by atoms with Crippen LogP contribution in [0.4, 0.5) is 0 Å². The summed E-state index contributed by atoms with van der Waals surface area (Å²) in [7, 11) is 0. The first-order chi connectivity index (χ1) is 9.93. The maximum absolute atomic E-state index is 4.91. The number of hydrogen-bond acceptors (Lipinski definition) is 3. The fraction of sp³-hybridized carbons (Fsp3) is 0.500. The Morgan fingerprint density at radius 1 is 1.24 bits per heavy atom. The number of rotatable bonds is 5. The highest BCUT2D eigenvalue weighted by molar-refractivity contribution is 7.09. The molecule has 21 heavy (non-hydrogen) atoms. The molecule has 0 aliphatic heterocycles. The lowest BCUT2D eigenvalue weighted by molar-refractivity contribution is 0.557. The number of benzene rings is 1. The highest BCUT2D eigenvalue weighted by Crippen LogP contribution is 2.31. The first kappa shape index (κ1) is 16.2. The van der Waals surface area contributed by atoms with Gasteiger partial charge in [-0.05, 0) is 31.0 Å². The van der Waals surface area contributed by atoms with Gasteiger partial charge in [-0.15, -0.1) is 11.3 Å². The number of aromatic nitrogens is 1. The summed E-state index contributed by atoms with van der Waals surface area (Å²) in [5.74, 6) is 0. The van der Waals surface area contributed by atoms with Crippen molar-refractivity contribution in [3.05, 3.63) is 51.5 Å². The van der Waals surface area contributed by atoms with Crippen LogP contribution < -0.4 is 5.32 Å². The molecule has 1 aromatic carbocycles. The van der Waals surface area contributed by atoms with Crippen molar-refractivity contribution < 1.29 is 0 Å². The van der Waals surface area contributed by atoms with Crippen molar-refractivity contribution in [2.45, 2.75) is 52.5 Å². The molecule has 2 aromatic rings. The Morgan fingerprint density at radius 3 is 2.52 bits per heavy atom. The molecule has 0 saturated carbocycles. The third-order valence-electron chi connectivity index (χ3n) is 3.64. The second-order valence-corrected chi connectivity index (χ2v) is 7.45. The maximum atomic E-state index is 4.91. The molecular weight excluding hydrogens is 276 g/mol. The predicted octanol–water partition coefficient (Wildman–Crippen LogP) is 4.84. The second kappa shape index (κ2) is 6.71. The lowest BCUT2D eigenvalue weighted by Gasteiger charge is -2.19. The molecule has 0 aliphatic carbocycles. The highest BCUT2D eigenvalue weighted by atomic mass is 32.1. The number of nitrogens with one attached hydrogen (secondary N) is 1. The zero-order valence-corrected chi connectivity index (χ0v) is 14.6. The molecule has 0 radical (unpaired) electrons. The van der Waals surface area contributed by atoms with Crippen LogP contribution >= 0.6 is 11.3 Å². The minimum absolute atomic E-state index is 0.107. The van der Waals surface area contributed by atoms with E-state index in [4.69, 9.17) is 4.98 Å². The molecule has 0 fully saturated rings. The maximum Gasteiger partial charge on any atom is 0.114 e. The van der Waals surface area contributed by atoms with E-state index in [-0.39, 0.29) is 11.5 Å². The smallest absolute Gasteiger partial charge is 0.114 e. The number of aryl methyl sites for hydroxylation is 1. The molecular formula is C18H26N2S. The quantitative estimate of drug-likeness (QED) is 0.855. The molecule has 0 aliphatic rings. The van der Waals surface area contributed by atoms with Gasteiger partial charge < -0.3 is 5.32 Å². The largest absolute Gasteiger partial charge is 0.304 e. The molecule has 1 unspecified atom stereocenters. The molecule has 114 valence electrons. The van der Waals surface area contributed by atoms with Gasteiger partial charge in [-0.1, -0.05) is 52.0 Å². The van der Waals surface area contributed by atoms with Gasteiger partial charge in [0.2, 0.25) is 0 Å². The Balaban J connectivity index is 2.37. The summed E-state index contributed by atoms with van der Waals surface area (Å²) >= 11 is 1.76. The van der Waals surface area contributed by atoms with E-state index >= 15 is 0 Å². The SMILES string of the molecule is CCCNC(c1nc(C(C)(C)C)cs1)c1ccccc1C. The highest BCUT2D eigenvalue weighted by Gasteiger charge is 2.22. The van der Waals surface area contributed by atoms with Crippen molar-refractivity contribution >= 4 is 11.3 Å². The van der Waals surface area contributed by atoms with Gasteiger partial charge in [-0.3, -0.25) is 0 Å². The minimum atomic E-state index is 0.107. The fourth-order valence-corrected chi connectivity index (χ4v) is 3.43. The van der Waals surface area contributed by atoms with E-state index in [0.717, 1.165) is 13.0 Å². The van der Waals surface area contributed by atoms with Crippen LogP contribution in [0.25, 0.3) is 0 Å². The van der Waals surface area contributed by atoms with Crippen molar-refractivity contribution in [3.8, 4) is 0 Å². The minimum Gasteiger partial charge on any atom is -0.304 e. The average Bonchev–Trinajstić information content (AvgIpc) is 2.91. The summed E-state index contributed by atoms with van der Waals surface area (Å²) in [6, 6.07) is 8.79. The van der Waals surface area contributed by atoms with Crippen LogP contribution in [0, 0.1) is 6.92 Å². The average molecular weight is 302 g/mol. The Bertz CT molecular complexity index is 581.